The fraction of sp³-hybridized carbons (Fsp3) is 0.312. The van der Waals surface area contributed by atoms with Crippen molar-refractivity contribution in [3.63, 3.8) is 0 Å². The van der Waals surface area contributed by atoms with E-state index in [0.29, 0.717) is 84.8 Å². The van der Waals surface area contributed by atoms with Gasteiger partial charge >= 0.3 is 0 Å². The first kappa shape index (κ1) is 30.9. The Kier molecular flexibility index (Phi) is 9.40. The maximum Gasteiger partial charge on any atom is 0.258 e. The summed E-state index contributed by atoms with van der Waals surface area (Å²) < 4.78 is 38.2. The Labute approximate surface area is 257 Å². The first-order valence-electron chi connectivity index (χ1n) is 14.6. The van der Waals surface area contributed by atoms with Gasteiger partial charge in [0.2, 0.25) is 15.9 Å². The normalized spacial score (nSPS) is 15.7. The summed E-state index contributed by atoms with van der Waals surface area (Å²) in [5.74, 6) is 0.550. The first-order chi connectivity index (χ1) is 21.2. The highest BCUT2D eigenvalue weighted by molar-refractivity contribution is 7.92. The number of ether oxygens (including phenoxy) is 2. The van der Waals surface area contributed by atoms with Gasteiger partial charge in [0.1, 0.15) is 6.54 Å². The zero-order chi connectivity index (χ0) is 31.3. The molecular weight excluding hydrogens is 582 g/mol. The van der Waals surface area contributed by atoms with E-state index in [4.69, 9.17) is 9.47 Å². The van der Waals surface area contributed by atoms with Crippen LogP contribution in [0, 0.1) is 0 Å². The minimum Gasteiger partial charge on any atom is -0.490 e. The van der Waals surface area contributed by atoms with Crippen molar-refractivity contribution in [2.75, 3.05) is 67.1 Å². The van der Waals surface area contributed by atoms with Gasteiger partial charge in [0.15, 0.2) is 11.5 Å². The number of hydrogen-bond donors (Lipinski definition) is 3. The number of benzene rings is 3. The van der Waals surface area contributed by atoms with Crippen molar-refractivity contribution in [2.45, 2.75) is 13.8 Å². The molecular formula is C32H37N5O6S. The largest absolute Gasteiger partial charge is 0.490 e. The van der Waals surface area contributed by atoms with E-state index < -0.39 is 10.0 Å². The molecule has 3 aromatic carbocycles. The van der Waals surface area contributed by atoms with Crippen LogP contribution in [0.1, 0.15) is 25.0 Å². The van der Waals surface area contributed by atoms with Crippen molar-refractivity contribution in [3.8, 4) is 11.5 Å². The number of nitrogens with one attached hydrogen (secondary N) is 3. The van der Waals surface area contributed by atoms with Crippen LogP contribution in [-0.2, 0) is 19.6 Å². The highest BCUT2D eigenvalue weighted by atomic mass is 32.2. The monoisotopic (exact) mass is 619 g/mol. The number of carbonyl (C=O) groups is 2. The van der Waals surface area contributed by atoms with E-state index in [1.807, 2.05) is 50.2 Å². The molecule has 3 N–H and O–H groups in total. The Morgan fingerprint density at radius 3 is 2.20 bits per heavy atom. The second-order valence-electron chi connectivity index (χ2n) is 10.4. The van der Waals surface area contributed by atoms with Crippen LogP contribution in [0.3, 0.4) is 0 Å². The predicted octanol–water partition coefficient (Wildman–Crippen LogP) is 3.61. The molecule has 11 nitrogen and oxygen atoms in total. The van der Waals surface area contributed by atoms with Crippen LogP contribution in [0.25, 0.3) is 11.3 Å². The van der Waals surface area contributed by atoms with Crippen LogP contribution in [0.5, 0.6) is 11.5 Å². The molecule has 2 aliphatic rings. The molecule has 1 saturated heterocycles. The SMILES string of the molecule is CCOc1cc2c(cc1OCC)/C(=C(/Nc1ccc(N(CC(=O)N3CCNCC3)S(C)(=O)=O)cc1)c1ccccc1)C(=O)N2. The lowest BCUT2D eigenvalue weighted by atomic mass is 9.99. The van der Waals surface area contributed by atoms with E-state index in [9.17, 15) is 18.0 Å². The zero-order valence-electron chi connectivity index (χ0n) is 25.1. The van der Waals surface area contributed by atoms with Crippen LogP contribution in [0.15, 0.2) is 66.7 Å². The molecule has 1 fully saturated rings. The van der Waals surface area contributed by atoms with E-state index in [0.717, 1.165) is 16.1 Å². The standard InChI is InChI=1S/C32H37N5O6S/c1-4-42-27-19-25-26(20-28(27)43-5-2)35-32(39)30(25)31(22-9-7-6-8-10-22)34-23-11-13-24(14-12-23)37(44(3,40)41)21-29(38)36-17-15-33-16-18-36/h6-14,19-20,33-34H,4-5,15-18,21H2,1-3H3,(H,35,39)/b31-30-. The minimum absolute atomic E-state index is 0.250. The first-order valence-corrected chi connectivity index (χ1v) is 16.4. The Bertz CT molecular complexity index is 1650. The topological polar surface area (TPSA) is 129 Å². The minimum atomic E-state index is -3.74. The zero-order valence-corrected chi connectivity index (χ0v) is 25.9. The molecule has 5 rings (SSSR count). The quantitative estimate of drug-likeness (QED) is 0.278. The van der Waals surface area contributed by atoms with Crippen LogP contribution < -0.4 is 29.7 Å². The highest BCUT2D eigenvalue weighted by Crippen LogP contribution is 2.43. The van der Waals surface area contributed by atoms with Gasteiger partial charge in [-0.25, -0.2) is 8.42 Å². The Hall–Kier alpha value is -4.55. The van der Waals surface area contributed by atoms with Crippen LogP contribution in [0.2, 0.25) is 0 Å². The van der Waals surface area contributed by atoms with E-state index >= 15 is 0 Å². The molecule has 0 saturated carbocycles. The van der Waals surface area contributed by atoms with Crippen molar-refractivity contribution in [1.82, 2.24) is 10.2 Å². The third-order valence-corrected chi connectivity index (χ3v) is 8.45. The van der Waals surface area contributed by atoms with Gasteiger partial charge in [0, 0.05) is 43.5 Å². The smallest absolute Gasteiger partial charge is 0.258 e. The molecule has 2 aliphatic heterocycles. The van der Waals surface area contributed by atoms with Crippen molar-refractivity contribution in [1.29, 1.82) is 0 Å². The number of anilines is 3. The summed E-state index contributed by atoms with van der Waals surface area (Å²) in [5, 5.41) is 9.54. The number of hydrogen-bond acceptors (Lipinski definition) is 8. The fourth-order valence-corrected chi connectivity index (χ4v) is 6.09. The van der Waals surface area contributed by atoms with Crippen molar-refractivity contribution < 1.29 is 27.5 Å². The molecule has 0 bridgehead atoms. The van der Waals surface area contributed by atoms with Gasteiger partial charge in [-0.1, -0.05) is 30.3 Å². The number of piperazine rings is 1. The Morgan fingerprint density at radius 2 is 1.59 bits per heavy atom. The van der Waals surface area contributed by atoms with Gasteiger partial charge in [0.05, 0.1) is 42.1 Å². The summed E-state index contributed by atoms with van der Waals surface area (Å²) in [6.45, 7) is 6.78. The molecule has 12 heteroatoms. The maximum absolute atomic E-state index is 13.5. The lowest BCUT2D eigenvalue weighted by Crippen LogP contribution is -2.50. The van der Waals surface area contributed by atoms with E-state index in [-0.39, 0.29) is 18.4 Å². The molecule has 2 amide bonds. The molecule has 0 atom stereocenters. The van der Waals surface area contributed by atoms with Crippen LogP contribution in [-0.4, -0.2) is 77.3 Å². The molecule has 2 heterocycles. The maximum atomic E-state index is 13.5. The third kappa shape index (κ3) is 6.81. The van der Waals surface area contributed by atoms with E-state index in [1.54, 1.807) is 35.2 Å². The van der Waals surface area contributed by atoms with Gasteiger partial charge in [-0.2, -0.15) is 0 Å². The number of nitrogens with zero attached hydrogens (tertiary/aromatic N) is 2. The van der Waals surface area contributed by atoms with Gasteiger partial charge in [-0.15, -0.1) is 0 Å². The summed E-state index contributed by atoms with van der Waals surface area (Å²) in [6, 6.07) is 19.8. The van der Waals surface area contributed by atoms with Crippen LogP contribution in [0.4, 0.5) is 17.1 Å². The van der Waals surface area contributed by atoms with E-state index in [2.05, 4.69) is 16.0 Å². The number of amides is 2. The molecule has 0 unspecified atom stereocenters. The summed E-state index contributed by atoms with van der Waals surface area (Å²) in [7, 11) is -3.74. The highest BCUT2D eigenvalue weighted by Gasteiger charge is 2.31. The number of fused-ring (bicyclic) bond motifs is 1. The summed E-state index contributed by atoms with van der Waals surface area (Å²) in [6.07, 6.45) is 1.09. The molecule has 3 aromatic rings. The molecule has 0 aromatic heterocycles. The summed E-state index contributed by atoms with van der Waals surface area (Å²) in [4.78, 5) is 28.0. The second kappa shape index (κ2) is 13.4. The Morgan fingerprint density at radius 1 is 0.955 bits per heavy atom. The van der Waals surface area contributed by atoms with Gasteiger partial charge in [-0.3, -0.25) is 13.9 Å². The fourth-order valence-electron chi connectivity index (χ4n) is 5.24. The number of sulfonamides is 1. The second-order valence-corrected chi connectivity index (χ2v) is 12.3. The number of rotatable bonds is 11. The number of carbonyl (C=O) groups excluding carboxylic acids is 2. The summed E-state index contributed by atoms with van der Waals surface area (Å²) in [5.41, 5.74) is 4.04. The van der Waals surface area contributed by atoms with Gasteiger partial charge in [-0.05, 0) is 49.7 Å². The summed E-state index contributed by atoms with van der Waals surface area (Å²) >= 11 is 0. The van der Waals surface area contributed by atoms with Gasteiger partial charge in [0.25, 0.3) is 5.91 Å². The molecule has 0 aliphatic carbocycles. The van der Waals surface area contributed by atoms with Crippen molar-refractivity contribution in [2.24, 2.45) is 0 Å². The van der Waals surface area contributed by atoms with Gasteiger partial charge < -0.3 is 30.3 Å². The molecule has 0 spiro atoms. The third-order valence-electron chi connectivity index (χ3n) is 7.31. The predicted molar refractivity (Wildman–Crippen MR) is 172 cm³/mol. The average molecular weight is 620 g/mol. The Balaban J connectivity index is 1.50. The van der Waals surface area contributed by atoms with Crippen molar-refractivity contribution in [3.05, 3.63) is 77.9 Å². The lowest BCUT2D eigenvalue weighted by Gasteiger charge is -2.30. The average Bonchev–Trinajstić information content (AvgIpc) is 3.33. The van der Waals surface area contributed by atoms with Crippen LogP contribution >= 0.6 is 0 Å². The lowest BCUT2D eigenvalue weighted by molar-refractivity contribution is -0.130. The molecule has 44 heavy (non-hydrogen) atoms. The van der Waals surface area contributed by atoms with E-state index in [1.165, 1.54) is 0 Å². The molecule has 0 radical (unpaired) electrons. The van der Waals surface area contributed by atoms with Crippen molar-refractivity contribution >= 4 is 50.2 Å². The molecule has 232 valence electrons.